The van der Waals surface area contributed by atoms with Gasteiger partial charge in [-0.05, 0) is 44.0 Å². The molecular weight excluding hydrogens is 266 g/mol. The van der Waals surface area contributed by atoms with E-state index in [1.807, 2.05) is 6.92 Å². The van der Waals surface area contributed by atoms with E-state index in [1.54, 1.807) is 24.3 Å². The van der Waals surface area contributed by atoms with Gasteiger partial charge in [-0.15, -0.1) is 0 Å². The molecule has 5 heteroatoms. The van der Waals surface area contributed by atoms with Crippen LogP contribution in [0.15, 0.2) is 24.3 Å². The van der Waals surface area contributed by atoms with Crippen LogP contribution in [0.2, 0.25) is 0 Å². The van der Waals surface area contributed by atoms with Crippen LogP contribution in [-0.4, -0.2) is 43.2 Å². The highest BCUT2D eigenvalue weighted by Crippen LogP contribution is 2.14. The zero-order chi connectivity index (χ0) is 15.1. The van der Waals surface area contributed by atoms with Crippen LogP contribution < -0.4 is 5.32 Å². The van der Waals surface area contributed by atoms with E-state index in [4.69, 9.17) is 10.00 Å². The van der Waals surface area contributed by atoms with Gasteiger partial charge in [0.25, 0.3) is 0 Å². The molecule has 1 N–H and O–H groups in total. The molecule has 0 aliphatic carbocycles. The van der Waals surface area contributed by atoms with E-state index in [1.165, 1.54) is 0 Å². The highest BCUT2D eigenvalue weighted by molar-refractivity contribution is 5.92. The Hall–Kier alpha value is -1.90. The molecule has 0 spiro atoms. The molecule has 1 saturated heterocycles. The van der Waals surface area contributed by atoms with E-state index in [2.05, 4.69) is 16.3 Å². The number of nitriles is 1. The van der Waals surface area contributed by atoms with E-state index in [0.717, 1.165) is 38.2 Å². The van der Waals surface area contributed by atoms with Crippen molar-refractivity contribution in [2.75, 3.05) is 31.6 Å². The van der Waals surface area contributed by atoms with Crippen molar-refractivity contribution in [3.63, 3.8) is 0 Å². The van der Waals surface area contributed by atoms with Crippen LogP contribution in [0.25, 0.3) is 0 Å². The van der Waals surface area contributed by atoms with Crippen LogP contribution in [0.3, 0.4) is 0 Å². The number of benzene rings is 1. The van der Waals surface area contributed by atoms with Gasteiger partial charge in [0.1, 0.15) is 0 Å². The average Bonchev–Trinajstić information content (AvgIpc) is 2.50. The molecular formula is C16H21N3O2. The van der Waals surface area contributed by atoms with E-state index >= 15 is 0 Å². The van der Waals surface area contributed by atoms with Crippen molar-refractivity contribution in [3.05, 3.63) is 29.8 Å². The van der Waals surface area contributed by atoms with Gasteiger partial charge in [-0.2, -0.15) is 5.26 Å². The van der Waals surface area contributed by atoms with Gasteiger partial charge >= 0.3 is 0 Å². The monoisotopic (exact) mass is 287 g/mol. The molecule has 0 aromatic heterocycles. The minimum atomic E-state index is -0.0189. The molecule has 0 saturated carbocycles. The third-order valence-corrected chi connectivity index (χ3v) is 3.60. The summed E-state index contributed by atoms with van der Waals surface area (Å²) in [6, 6.07) is 8.95. The molecule has 1 amide bonds. The second-order valence-electron chi connectivity index (χ2n) is 5.17. The summed E-state index contributed by atoms with van der Waals surface area (Å²) in [5.41, 5.74) is 1.31. The summed E-state index contributed by atoms with van der Waals surface area (Å²) in [6.45, 7) is 4.96. The predicted molar refractivity (Wildman–Crippen MR) is 80.9 cm³/mol. The van der Waals surface area contributed by atoms with Crippen molar-refractivity contribution in [1.82, 2.24) is 4.90 Å². The van der Waals surface area contributed by atoms with Crippen LogP contribution in [0.5, 0.6) is 0 Å². The Morgan fingerprint density at radius 1 is 1.38 bits per heavy atom. The first kappa shape index (κ1) is 15.5. The van der Waals surface area contributed by atoms with Crippen molar-refractivity contribution in [1.29, 1.82) is 5.26 Å². The molecule has 1 aromatic carbocycles. The average molecular weight is 287 g/mol. The third kappa shape index (κ3) is 4.85. The maximum atomic E-state index is 12.0. The smallest absolute Gasteiger partial charge is 0.238 e. The molecule has 1 aromatic rings. The number of carbonyl (C=O) groups excluding carboxylic acids is 1. The number of hydrogen-bond donors (Lipinski definition) is 1. The van der Waals surface area contributed by atoms with E-state index in [0.29, 0.717) is 18.2 Å². The number of likely N-dealkylation sites (tertiary alicyclic amines) is 1. The number of nitrogens with zero attached hydrogens (tertiary/aromatic N) is 2. The van der Waals surface area contributed by atoms with Gasteiger partial charge in [-0.25, -0.2) is 0 Å². The topological polar surface area (TPSA) is 65.4 Å². The lowest BCUT2D eigenvalue weighted by molar-refractivity contribution is -0.118. The lowest BCUT2D eigenvalue weighted by Crippen LogP contribution is -2.41. The van der Waals surface area contributed by atoms with Crippen LogP contribution in [-0.2, 0) is 9.53 Å². The van der Waals surface area contributed by atoms with Gasteiger partial charge in [0.05, 0.1) is 24.3 Å². The van der Waals surface area contributed by atoms with Gasteiger partial charge in [0.15, 0.2) is 0 Å². The number of carbonyl (C=O) groups is 1. The normalized spacial score (nSPS) is 16.4. The number of anilines is 1. The van der Waals surface area contributed by atoms with Gasteiger partial charge in [-0.1, -0.05) is 0 Å². The number of hydrogen-bond acceptors (Lipinski definition) is 4. The number of ether oxygens (including phenoxy) is 1. The SMILES string of the molecule is CCOC1CCN(CC(=O)Nc2ccc(C#N)cc2)CC1. The third-order valence-electron chi connectivity index (χ3n) is 3.60. The summed E-state index contributed by atoms with van der Waals surface area (Å²) >= 11 is 0. The Bertz CT molecular complexity index is 499. The lowest BCUT2D eigenvalue weighted by atomic mass is 10.1. The summed E-state index contributed by atoms with van der Waals surface area (Å²) in [5, 5.41) is 11.6. The summed E-state index contributed by atoms with van der Waals surface area (Å²) in [5.74, 6) is -0.0189. The molecule has 0 atom stereocenters. The molecule has 1 aliphatic rings. The first-order chi connectivity index (χ1) is 10.2. The summed E-state index contributed by atoms with van der Waals surface area (Å²) < 4.78 is 5.60. The molecule has 0 unspecified atom stereocenters. The maximum Gasteiger partial charge on any atom is 0.238 e. The second kappa shape index (κ2) is 7.77. The highest BCUT2D eigenvalue weighted by Gasteiger charge is 2.20. The van der Waals surface area contributed by atoms with E-state index in [9.17, 15) is 4.79 Å². The van der Waals surface area contributed by atoms with Crippen molar-refractivity contribution in [2.45, 2.75) is 25.9 Å². The van der Waals surface area contributed by atoms with Gasteiger partial charge in [0.2, 0.25) is 5.91 Å². The zero-order valence-electron chi connectivity index (χ0n) is 12.3. The molecule has 0 radical (unpaired) electrons. The Labute approximate surface area is 125 Å². The molecule has 112 valence electrons. The van der Waals surface area contributed by atoms with Crippen molar-refractivity contribution in [2.24, 2.45) is 0 Å². The minimum absolute atomic E-state index is 0.0189. The molecule has 0 bridgehead atoms. The first-order valence-electron chi connectivity index (χ1n) is 7.35. The maximum absolute atomic E-state index is 12.0. The Morgan fingerprint density at radius 2 is 2.05 bits per heavy atom. The molecule has 1 fully saturated rings. The van der Waals surface area contributed by atoms with E-state index in [-0.39, 0.29) is 5.91 Å². The number of amides is 1. The summed E-state index contributed by atoms with van der Waals surface area (Å²) in [7, 11) is 0. The zero-order valence-corrected chi connectivity index (χ0v) is 12.3. The second-order valence-corrected chi connectivity index (χ2v) is 5.17. The fraction of sp³-hybridized carbons (Fsp3) is 0.500. The summed E-state index contributed by atoms with van der Waals surface area (Å²) in [6.07, 6.45) is 2.31. The number of nitrogens with one attached hydrogen (secondary N) is 1. The molecule has 5 nitrogen and oxygen atoms in total. The number of piperidine rings is 1. The van der Waals surface area contributed by atoms with Crippen LogP contribution >= 0.6 is 0 Å². The predicted octanol–water partition coefficient (Wildman–Crippen LogP) is 2.00. The minimum Gasteiger partial charge on any atom is -0.378 e. The fourth-order valence-corrected chi connectivity index (χ4v) is 2.50. The van der Waals surface area contributed by atoms with Gasteiger partial charge < -0.3 is 10.1 Å². The first-order valence-corrected chi connectivity index (χ1v) is 7.35. The largest absolute Gasteiger partial charge is 0.378 e. The van der Waals surface area contributed by atoms with E-state index < -0.39 is 0 Å². The molecule has 2 rings (SSSR count). The lowest BCUT2D eigenvalue weighted by Gasteiger charge is -2.31. The van der Waals surface area contributed by atoms with Crippen molar-refractivity contribution >= 4 is 11.6 Å². The Kier molecular flexibility index (Phi) is 5.73. The van der Waals surface area contributed by atoms with Gasteiger partial charge in [-0.3, -0.25) is 9.69 Å². The number of rotatable bonds is 5. The van der Waals surface area contributed by atoms with Crippen molar-refractivity contribution < 1.29 is 9.53 Å². The van der Waals surface area contributed by atoms with Crippen LogP contribution in [0.4, 0.5) is 5.69 Å². The molecule has 21 heavy (non-hydrogen) atoms. The Balaban J connectivity index is 1.76. The Morgan fingerprint density at radius 3 is 2.62 bits per heavy atom. The quantitative estimate of drug-likeness (QED) is 0.899. The summed E-state index contributed by atoms with van der Waals surface area (Å²) in [4.78, 5) is 14.1. The van der Waals surface area contributed by atoms with Gasteiger partial charge in [0, 0.05) is 25.4 Å². The molecule has 1 heterocycles. The van der Waals surface area contributed by atoms with Crippen LogP contribution in [0.1, 0.15) is 25.3 Å². The van der Waals surface area contributed by atoms with Crippen LogP contribution in [0, 0.1) is 11.3 Å². The van der Waals surface area contributed by atoms with Crippen molar-refractivity contribution in [3.8, 4) is 6.07 Å². The standard InChI is InChI=1S/C16H21N3O2/c1-2-21-15-7-9-19(10-8-15)12-16(20)18-14-5-3-13(11-17)4-6-14/h3-6,15H,2,7-10,12H2,1H3,(H,18,20). The molecule has 1 aliphatic heterocycles. The highest BCUT2D eigenvalue weighted by atomic mass is 16.5. The fourth-order valence-electron chi connectivity index (χ4n) is 2.50.